The molecule has 0 aromatic heterocycles. The van der Waals surface area contributed by atoms with Gasteiger partial charge < -0.3 is 0 Å². The van der Waals surface area contributed by atoms with E-state index in [9.17, 15) is 4.39 Å². The average molecular weight is 263 g/mol. The SMILES string of the molecule is Cc1ccc(N/N=C/c2ccccc2F)cc1Cl. The Hall–Kier alpha value is -1.87. The molecular formula is C14H12ClFN2. The standard InChI is InChI=1S/C14H12ClFN2/c1-10-6-7-12(8-13(10)15)18-17-9-11-4-2-3-5-14(11)16/h2-9,18H,1H3/b17-9+. The summed E-state index contributed by atoms with van der Waals surface area (Å²) in [6, 6.07) is 12.0. The van der Waals surface area contributed by atoms with Gasteiger partial charge in [0.1, 0.15) is 5.82 Å². The second-order valence-corrected chi connectivity index (χ2v) is 4.26. The number of hydrogen-bond donors (Lipinski definition) is 1. The van der Waals surface area contributed by atoms with Gasteiger partial charge in [0.15, 0.2) is 0 Å². The van der Waals surface area contributed by atoms with Crippen LogP contribution in [0.2, 0.25) is 5.02 Å². The van der Waals surface area contributed by atoms with Gasteiger partial charge >= 0.3 is 0 Å². The average Bonchev–Trinajstić information content (AvgIpc) is 2.36. The van der Waals surface area contributed by atoms with Crippen LogP contribution in [0.5, 0.6) is 0 Å². The normalized spacial score (nSPS) is 10.8. The summed E-state index contributed by atoms with van der Waals surface area (Å²) in [5.74, 6) is -0.301. The van der Waals surface area contributed by atoms with Crippen LogP contribution in [0.25, 0.3) is 0 Å². The van der Waals surface area contributed by atoms with Gasteiger partial charge in [-0.2, -0.15) is 5.10 Å². The van der Waals surface area contributed by atoms with Gasteiger partial charge in [-0.05, 0) is 30.7 Å². The zero-order chi connectivity index (χ0) is 13.0. The molecule has 2 rings (SSSR count). The van der Waals surface area contributed by atoms with E-state index in [1.165, 1.54) is 12.3 Å². The molecule has 1 N–H and O–H groups in total. The Kier molecular flexibility index (Phi) is 3.95. The lowest BCUT2D eigenvalue weighted by Crippen LogP contribution is -1.93. The van der Waals surface area contributed by atoms with Gasteiger partial charge in [-0.3, -0.25) is 5.43 Å². The first-order valence-electron chi connectivity index (χ1n) is 5.46. The predicted molar refractivity (Wildman–Crippen MR) is 73.8 cm³/mol. The van der Waals surface area contributed by atoms with Crippen LogP contribution in [0.3, 0.4) is 0 Å². The van der Waals surface area contributed by atoms with Gasteiger partial charge in [0.05, 0.1) is 11.9 Å². The zero-order valence-electron chi connectivity index (χ0n) is 9.82. The van der Waals surface area contributed by atoms with E-state index in [1.54, 1.807) is 24.3 Å². The van der Waals surface area contributed by atoms with Crippen molar-refractivity contribution in [2.45, 2.75) is 6.92 Å². The van der Waals surface area contributed by atoms with E-state index in [0.717, 1.165) is 11.3 Å². The summed E-state index contributed by atoms with van der Waals surface area (Å²) in [5, 5.41) is 4.64. The van der Waals surface area contributed by atoms with Crippen LogP contribution in [-0.4, -0.2) is 6.21 Å². The van der Waals surface area contributed by atoms with Crippen LogP contribution in [0.15, 0.2) is 47.6 Å². The summed E-state index contributed by atoms with van der Waals surface area (Å²) in [6.45, 7) is 1.93. The second kappa shape index (κ2) is 5.65. The summed E-state index contributed by atoms with van der Waals surface area (Å²) in [4.78, 5) is 0. The molecule has 0 aliphatic rings. The summed E-state index contributed by atoms with van der Waals surface area (Å²) >= 11 is 5.98. The Morgan fingerprint density at radius 3 is 2.72 bits per heavy atom. The van der Waals surface area contributed by atoms with Gasteiger partial charge in [-0.25, -0.2) is 4.39 Å². The van der Waals surface area contributed by atoms with E-state index in [-0.39, 0.29) is 5.82 Å². The third-order valence-electron chi connectivity index (χ3n) is 2.47. The highest BCUT2D eigenvalue weighted by atomic mass is 35.5. The lowest BCUT2D eigenvalue weighted by Gasteiger charge is -2.02. The lowest BCUT2D eigenvalue weighted by molar-refractivity contribution is 0.626. The largest absolute Gasteiger partial charge is 0.278 e. The van der Waals surface area contributed by atoms with E-state index in [0.29, 0.717) is 10.6 Å². The third-order valence-corrected chi connectivity index (χ3v) is 2.88. The molecule has 0 bridgehead atoms. The zero-order valence-corrected chi connectivity index (χ0v) is 10.6. The molecule has 2 aromatic rings. The first-order valence-corrected chi connectivity index (χ1v) is 5.84. The molecular weight excluding hydrogens is 251 g/mol. The van der Waals surface area contributed by atoms with E-state index >= 15 is 0 Å². The van der Waals surface area contributed by atoms with E-state index in [1.807, 2.05) is 19.1 Å². The van der Waals surface area contributed by atoms with Crippen molar-refractivity contribution in [3.05, 3.63) is 64.4 Å². The minimum absolute atomic E-state index is 0.301. The molecule has 4 heteroatoms. The molecule has 0 aliphatic carbocycles. The van der Waals surface area contributed by atoms with Crippen molar-refractivity contribution in [3.8, 4) is 0 Å². The second-order valence-electron chi connectivity index (χ2n) is 3.86. The number of aryl methyl sites for hydroxylation is 1. The molecule has 0 saturated heterocycles. The Morgan fingerprint density at radius 1 is 1.22 bits per heavy atom. The third kappa shape index (κ3) is 3.08. The van der Waals surface area contributed by atoms with E-state index in [2.05, 4.69) is 10.5 Å². The molecule has 0 amide bonds. The molecule has 0 saturated carbocycles. The highest BCUT2D eigenvalue weighted by Crippen LogP contribution is 2.19. The highest BCUT2D eigenvalue weighted by molar-refractivity contribution is 6.31. The van der Waals surface area contributed by atoms with Crippen LogP contribution in [0, 0.1) is 12.7 Å². The quantitative estimate of drug-likeness (QED) is 0.650. The maximum absolute atomic E-state index is 13.3. The number of hydrazone groups is 1. The Bertz CT molecular complexity index is 582. The van der Waals surface area contributed by atoms with Crippen molar-refractivity contribution in [1.29, 1.82) is 0 Å². The summed E-state index contributed by atoms with van der Waals surface area (Å²) < 4.78 is 13.3. The van der Waals surface area contributed by atoms with Crippen molar-refractivity contribution < 1.29 is 4.39 Å². The fourth-order valence-electron chi connectivity index (χ4n) is 1.42. The predicted octanol–water partition coefficient (Wildman–Crippen LogP) is 4.23. The lowest BCUT2D eigenvalue weighted by atomic mass is 10.2. The van der Waals surface area contributed by atoms with Crippen molar-refractivity contribution >= 4 is 23.5 Å². The van der Waals surface area contributed by atoms with Crippen molar-refractivity contribution in [3.63, 3.8) is 0 Å². The van der Waals surface area contributed by atoms with Crippen LogP contribution >= 0.6 is 11.6 Å². The number of nitrogens with zero attached hydrogens (tertiary/aromatic N) is 1. The number of halogens is 2. The molecule has 0 atom stereocenters. The van der Waals surface area contributed by atoms with Gasteiger partial charge in [0.25, 0.3) is 0 Å². The van der Waals surface area contributed by atoms with Crippen molar-refractivity contribution in [1.82, 2.24) is 0 Å². The molecule has 0 radical (unpaired) electrons. The number of benzene rings is 2. The van der Waals surface area contributed by atoms with Crippen LogP contribution in [0.4, 0.5) is 10.1 Å². The van der Waals surface area contributed by atoms with Crippen LogP contribution in [0.1, 0.15) is 11.1 Å². The molecule has 0 spiro atoms. The highest BCUT2D eigenvalue weighted by Gasteiger charge is 1.97. The van der Waals surface area contributed by atoms with Crippen molar-refractivity contribution in [2.75, 3.05) is 5.43 Å². The van der Waals surface area contributed by atoms with Crippen LogP contribution < -0.4 is 5.43 Å². The van der Waals surface area contributed by atoms with Gasteiger partial charge in [-0.1, -0.05) is 35.9 Å². The number of nitrogens with one attached hydrogen (secondary N) is 1. The molecule has 92 valence electrons. The first-order chi connectivity index (χ1) is 8.66. The summed E-state index contributed by atoms with van der Waals surface area (Å²) in [6.07, 6.45) is 1.43. The van der Waals surface area contributed by atoms with Crippen LogP contribution in [-0.2, 0) is 0 Å². The van der Waals surface area contributed by atoms with Gasteiger partial charge in [-0.15, -0.1) is 0 Å². The first kappa shape index (κ1) is 12.6. The number of anilines is 1. The molecule has 0 aliphatic heterocycles. The summed E-state index contributed by atoms with van der Waals surface area (Å²) in [5.41, 5.74) is 5.00. The van der Waals surface area contributed by atoms with Gasteiger partial charge in [0, 0.05) is 10.6 Å². The molecule has 0 fully saturated rings. The molecule has 2 aromatic carbocycles. The monoisotopic (exact) mass is 262 g/mol. The molecule has 0 unspecified atom stereocenters. The molecule has 2 nitrogen and oxygen atoms in total. The van der Waals surface area contributed by atoms with E-state index in [4.69, 9.17) is 11.6 Å². The maximum Gasteiger partial charge on any atom is 0.132 e. The fourth-order valence-corrected chi connectivity index (χ4v) is 1.60. The number of rotatable bonds is 3. The Labute approximate surface area is 110 Å². The number of hydrogen-bond acceptors (Lipinski definition) is 2. The maximum atomic E-state index is 13.3. The minimum atomic E-state index is -0.301. The Morgan fingerprint density at radius 2 is 2.00 bits per heavy atom. The molecule has 18 heavy (non-hydrogen) atoms. The topological polar surface area (TPSA) is 24.4 Å². The Balaban J connectivity index is 2.07. The van der Waals surface area contributed by atoms with Gasteiger partial charge in [0.2, 0.25) is 0 Å². The minimum Gasteiger partial charge on any atom is -0.278 e. The summed E-state index contributed by atoms with van der Waals surface area (Å²) in [7, 11) is 0. The van der Waals surface area contributed by atoms with E-state index < -0.39 is 0 Å². The van der Waals surface area contributed by atoms with Crippen molar-refractivity contribution in [2.24, 2.45) is 5.10 Å². The fraction of sp³-hybridized carbons (Fsp3) is 0.0714. The smallest absolute Gasteiger partial charge is 0.132 e. The molecule has 0 heterocycles.